The van der Waals surface area contributed by atoms with Gasteiger partial charge in [0.25, 0.3) is 0 Å². The van der Waals surface area contributed by atoms with Crippen molar-refractivity contribution < 1.29 is 18.0 Å². The molecule has 6 heteroatoms. The molecule has 0 spiro atoms. The lowest BCUT2D eigenvalue weighted by Gasteiger charge is -2.40. The van der Waals surface area contributed by atoms with Crippen molar-refractivity contribution in [2.45, 2.75) is 38.3 Å². The Bertz CT molecular complexity index is 243. The Kier molecular flexibility index (Phi) is 4.18. The fourth-order valence-corrected chi connectivity index (χ4v) is 1.88. The summed E-state index contributed by atoms with van der Waals surface area (Å²) in [4.78, 5) is 11.4. The third-order valence-corrected chi connectivity index (χ3v) is 3.11. The molecule has 0 aromatic heterocycles. The van der Waals surface area contributed by atoms with Crippen LogP contribution in [0.25, 0.3) is 0 Å². The zero-order valence-electron chi connectivity index (χ0n) is 9.07. The number of amides is 1. The van der Waals surface area contributed by atoms with Crippen molar-refractivity contribution in [1.82, 2.24) is 5.32 Å². The average molecular weight is 238 g/mol. The Hall–Kier alpha value is -0.780. The van der Waals surface area contributed by atoms with Crippen LogP contribution in [-0.4, -0.2) is 25.2 Å². The first-order chi connectivity index (χ1) is 7.37. The molecule has 0 aromatic rings. The monoisotopic (exact) mass is 238 g/mol. The third-order valence-electron chi connectivity index (χ3n) is 3.11. The van der Waals surface area contributed by atoms with Crippen molar-refractivity contribution in [3.63, 3.8) is 0 Å². The first-order valence-electron chi connectivity index (χ1n) is 5.40. The summed E-state index contributed by atoms with van der Waals surface area (Å²) in [5, 5.41) is 2.28. The molecule has 0 atom stereocenters. The standard InChI is InChI=1S/C10H17F3N2O/c11-10(12,13)4-5-15-8(16)6-9(7-14)2-1-3-9/h1-7,14H2,(H,15,16). The van der Waals surface area contributed by atoms with Gasteiger partial charge in [0.05, 0.1) is 6.42 Å². The molecule has 0 heterocycles. The number of carbonyl (C=O) groups excluding carboxylic acids is 1. The van der Waals surface area contributed by atoms with E-state index < -0.39 is 12.6 Å². The molecule has 0 radical (unpaired) electrons. The van der Waals surface area contributed by atoms with E-state index >= 15 is 0 Å². The summed E-state index contributed by atoms with van der Waals surface area (Å²) in [5.74, 6) is -0.325. The van der Waals surface area contributed by atoms with Crippen LogP contribution in [0.4, 0.5) is 13.2 Å². The zero-order chi connectivity index (χ0) is 12.2. The maximum absolute atomic E-state index is 11.8. The first kappa shape index (κ1) is 13.3. The van der Waals surface area contributed by atoms with Gasteiger partial charge in [-0.2, -0.15) is 13.2 Å². The molecule has 1 amide bonds. The van der Waals surface area contributed by atoms with Gasteiger partial charge in [0.2, 0.25) is 5.91 Å². The quantitative estimate of drug-likeness (QED) is 0.764. The van der Waals surface area contributed by atoms with Crippen molar-refractivity contribution >= 4 is 5.91 Å². The van der Waals surface area contributed by atoms with Crippen molar-refractivity contribution in [1.29, 1.82) is 0 Å². The second-order valence-corrected chi connectivity index (χ2v) is 4.45. The minimum atomic E-state index is -4.21. The molecule has 1 rings (SSSR count). The molecular weight excluding hydrogens is 221 g/mol. The molecule has 1 fully saturated rings. The summed E-state index contributed by atoms with van der Waals surface area (Å²) < 4.78 is 35.4. The molecule has 16 heavy (non-hydrogen) atoms. The topological polar surface area (TPSA) is 55.1 Å². The first-order valence-corrected chi connectivity index (χ1v) is 5.40. The summed E-state index contributed by atoms with van der Waals surface area (Å²) in [6.45, 7) is 0.0860. The fraction of sp³-hybridized carbons (Fsp3) is 0.900. The minimum absolute atomic E-state index is 0.150. The molecule has 1 aliphatic rings. The molecule has 3 N–H and O–H groups in total. The summed E-state index contributed by atoms with van der Waals surface area (Å²) >= 11 is 0. The highest BCUT2D eigenvalue weighted by Crippen LogP contribution is 2.42. The Morgan fingerprint density at radius 2 is 2.00 bits per heavy atom. The van der Waals surface area contributed by atoms with Crippen LogP contribution in [0.3, 0.4) is 0 Å². The van der Waals surface area contributed by atoms with Gasteiger partial charge in [-0.25, -0.2) is 0 Å². The van der Waals surface area contributed by atoms with Gasteiger partial charge in [-0.15, -0.1) is 0 Å². The lowest BCUT2D eigenvalue weighted by molar-refractivity contribution is -0.136. The van der Waals surface area contributed by atoms with E-state index in [9.17, 15) is 18.0 Å². The van der Waals surface area contributed by atoms with E-state index in [1.165, 1.54) is 0 Å². The number of nitrogens with two attached hydrogens (primary N) is 1. The summed E-state index contributed by atoms with van der Waals surface area (Å²) in [6.07, 6.45) is -2.09. The molecule has 0 aromatic carbocycles. The number of hydrogen-bond donors (Lipinski definition) is 2. The molecule has 1 aliphatic carbocycles. The van der Waals surface area contributed by atoms with Gasteiger partial charge in [0.1, 0.15) is 0 Å². The lowest BCUT2D eigenvalue weighted by Crippen LogP contribution is -2.42. The van der Waals surface area contributed by atoms with Crippen LogP contribution in [0.1, 0.15) is 32.1 Å². The molecule has 0 saturated heterocycles. The van der Waals surface area contributed by atoms with Crippen LogP contribution in [0.15, 0.2) is 0 Å². The SMILES string of the molecule is NCC1(CC(=O)NCCC(F)(F)F)CCC1. The Morgan fingerprint density at radius 3 is 2.38 bits per heavy atom. The highest BCUT2D eigenvalue weighted by Gasteiger charge is 2.37. The smallest absolute Gasteiger partial charge is 0.356 e. The predicted molar refractivity (Wildman–Crippen MR) is 53.6 cm³/mol. The second-order valence-electron chi connectivity index (χ2n) is 4.45. The third kappa shape index (κ3) is 4.00. The molecule has 1 saturated carbocycles. The average Bonchev–Trinajstić information content (AvgIpc) is 2.09. The number of halogens is 3. The molecule has 94 valence electrons. The van der Waals surface area contributed by atoms with Gasteiger partial charge < -0.3 is 11.1 Å². The number of alkyl halides is 3. The van der Waals surface area contributed by atoms with Gasteiger partial charge >= 0.3 is 6.18 Å². The van der Waals surface area contributed by atoms with E-state index in [1.807, 2.05) is 0 Å². The van der Waals surface area contributed by atoms with Gasteiger partial charge in [0.15, 0.2) is 0 Å². The van der Waals surface area contributed by atoms with Crippen molar-refractivity contribution in [3.05, 3.63) is 0 Å². The summed E-state index contributed by atoms with van der Waals surface area (Å²) in [7, 11) is 0. The molecular formula is C10H17F3N2O. The van der Waals surface area contributed by atoms with Crippen molar-refractivity contribution in [2.75, 3.05) is 13.1 Å². The number of carbonyl (C=O) groups is 1. The number of rotatable bonds is 5. The van der Waals surface area contributed by atoms with Crippen LogP contribution < -0.4 is 11.1 Å². The maximum Gasteiger partial charge on any atom is 0.390 e. The van der Waals surface area contributed by atoms with Crippen LogP contribution in [0.2, 0.25) is 0 Å². The summed E-state index contributed by atoms with van der Waals surface area (Å²) in [6, 6.07) is 0. The Morgan fingerprint density at radius 1 is 1.38 bits per heavy atom. The Labute approximate surface area is 92.6 Å². The van der Waals surface area contributed by atoms with Gasteiger partial charge in [-0.3, -0.25) is 4.79 Å². The summed E-state index contributed by atoms with van der Waals surface area (Å²) in [5.41, 5.74) is 5.40. The molecule has 0 aliphatic heterocycles. The van der Waals surface area contributed by atoms with E-state index in [-0.39, 0.29) is 24.3 Å². The van der Waals surface area contributed by atoms with Crippen molar-refractivity contribution in [3.8, 4) is 0 Å². The number of hydrogen-bond acceptors (Lipinski definition) is 2. The Balaban J connectivity index is 2.21. The van der Waals surface area contributed by atoms with E-state index in [0.29, 0.717) is 6.54 Å². The van der Waals surface area contributed by atoms with Gasteiger partial charge in [0, 0.05) is 13.0 Å². The normalized spacial score (nSPS) is 19.0. The van der Waals surface area contributed by atoms with Crippen LogP contribution >= 0.6 is 0 Å². The van der Waals surface area contributed by atoms with E-state index in [2.05, 4.69) is 5.32 Å². The van der Waals surface area contributed by atoms with Crippen LogP contribution in [0, 0.1) is 5.41 Å². The predicted octanol–water partition coefficient (Wildman–Crippen LogP) is 1.57. The van der Waals surface area contributed by atoms with Crippen LogP contribution in [-0.2, 0) is 4.79 Å². The second kappa shape index (κ2) is 5.03. The van der Waals surface area contributed by atoms with Gasteiger partial charge in [-0.05, 0) is 24.8 Å². The fourth-order valence-electron chi connectivity index (χ4n) is 1.88. The van der Waals surface area contributed by atoms with Gasteiger partial charge in [-0.1, -0.05) is 6.42 Å². The maximum atomic E-state index is 11.8. The lowest BCUT2D eigenvalue weighted by atomic mass is 9.66. The molecule has 3 nitrogen and oxygen atoms in total. The molecule has 0 unspecified atom stereocenters. The van der Waals surface area contributed by atoms with Crippen molar-refractivity contribution in [2.24, 2.45) is 11.1 Å². The van der Waals surface area contributed by atoms with E-state index in [4.69, 9.17) is 5.73 Å². The molecule has 0 bridgehead atoms. The van der Waals surface area contributed by atoms with E-state index in [1.54, 1.807) is 0 Å². The van der Waals surface area contributed by atoms with Crippen LogP contribution in [0.5, 0.6) is 0 Å². The highest BCUT2D eigenvalue weighted by molar-refractivity contribution is 5.76. The highest BCUT2D eigenvalue weighted by atomic mass is 19.4. The number of nitrogens with one attached hydrogen (secondary N) is 1. The van der Waals surface area contributed by atoms with E-state index in [0.717, 1.165) is 19.3 Å². The zero-order valence-corrected chi connectivity index (χ0v) is 9.07. The minimum Gasteiger partial charge on any atom is -0.356 e. The largest absolute Gasteiger partial charge is 0.390 e.